The van der Waals surface area contributed by atoms with Crippen molar-refractivity contribution in [2.75, 3.05) is 6.61 Å². The topological polar surface area (TPSA) is 78.4 Å². The number of halogens is 2. The summed E-state index contributed by atoms with van der Waals surface area (Å²) in [7, 11) is 0. The first-order chi connectivity index (χ1) is 16.0. The number of aromatic amines is 1. The molecule has 1 saturated carbocycles. The van der Waals surface area contributed by atoms with E-state index in [4.69, 9.17) is 16.3 Å². The lowest BCUT2D eigenvalue weighted by atomic mass is 9.85. The van der Waals surface area contributed by atoms with E-state index in [0.717, 1.165) is 40.6 Å². The van der Waals surface area contributed by atoms with Crippen molar-refractivity contribution in [3.05, 3.63) is 71.5 Å². The van der Waals surface area contributed by atoms with Gasteiger partial charge < -0.3 is 19.9 Å². The second kappa shape index (κ2) is 9.14. The average molecular weight is 467 g/mol. The van der Waals surface area contributed by atoms with E-state index in [2.05, 4.69) is 9.97 Å². The molecule has 170 valence electrons. The van der Waals surface area contributed by atoms with Gasteiger partial charge in [-0.05, 0) is 60.2 Å². The molecule has 0 unspecified atom stereocenters. The van der Waals surface area contributed by atoms with E-state index in [9.17, 15) is 14.6 Å². The molecule has 33 heavy (non-hydrogen) atoms. The molecule has 5 rings (SSSR count). The molecular weight excluding hydrogens is 443 g/mol. The van der Waals surface area contributed by atoms with Crippen LogP contribution in [0.1, 0.15) is 19.3 Å². The Morgan fingerprint density at radius 1 is 1.03 bits per heavy atom. The van der Waals surface area contributed by atoms with Gasteiger partial charge in [0.25, 0.3) is 6.01 Å². The first kappa shape index (κ1) is 21.9. The highest BCUT2D eigenvalue weighted by Crippen LogP contribution is 2.34. The zero-order valence-electron chi connectivity index (χ0n) is 17.8. The van der Waals surface area contributed by atoms with Crippen LogP contribution in [0.15, 0.2) is 60.7 Å². The van der Waals surface area contributed by atoms with E-state index >= 15 is 0 Å². The SMILES string of the molecule is OC[C@H]1CCC[C@@H](Oc2nc3cc(-c4ccc(-c5cccc(F)c5)cc4)c(Cl)cc3[nH]2)[C@@H]1O. The molecule has 0 radical (unpaired) electrons. The predicted molar refractivity (Wildman–Crippen MR) is 127 cm³/mol. The summed E-state index contributed by atoms with van der Waals surface area (Å²) in [6.45, 7) is -0.0574. The van der Waals surface area contributed by atoms with Crippen LogP contribution >= 0.6 is 11.6 Å². The Bertz CT molecular complexity index is 1270. The lowest BCUT2D eigenvalue weighted by Crippen LogP contribution is -2.42. The Morgan fingerprint density at radius 2 is 1.82 bits per heavy atom. The third-order valence-electron chi connectivity index (χ3n) is 6.33. The van der Waals surface area contributed by atoms with Crippen molar-refractivity contribution in [3.8, 4) is 28.3 Å². The van der Waals surface area contributed by atoms with E-state index < -0.39 is 12.2 Å². The average Bonchev–Trinajstić information content (AvgIpc) is 3.21. The molecule has 0 spiro atoms. The predicted octanol–water partition coefficient (Wildman–Crippen LogP) is 5.59. The highest BCUT2D eigenvalue weighted by molar-refractivity contribution is 6.34. The molecule has 1 aromatic heterocycles. The van der Waals surface area contributed by atoms with Crippen LogP contribution in [0, 0.1) is 11.7 Å². The fraction of sp³-hybridized carbons (Fsp3) is 0.269. The first-order valence-corrected chi connectivity index (χ1v) is 11.4. The Morgan fingerprint density at radius 3 is 2.58 bits per heavy atom. The summed E-state index contributed by atoms with van der Waals surface area (Å²) in [4.78, 5) is 7.67. The maximum atomic E-state index is 13.5. The van der Waals surface area contributed by atoms with Crippen LogP contribution < -0.4 is 4.74 Å². The number of H-pyrrole nitrogens is 1. The maximum absolute atomic E-state index is 13.5. The van der Waals surface area contributed by atoms with Crippen LogP contribution in [0.5, 0.6) is 6.01 Å². The second-order valence-corrected chi connectivity index (χ2v) is 8.91. The van der Waals surface area contributed by atoms with E-state index in [0.29, 0.717) is 23.0 Å². The third kappa shape index (κ3) is 4.47. The van der Waals surface area contributed by atoms with Crippen molar-refractivity contribution in [2.24, 2.45) is 5.92 Å². The van der Waals surface area contributed by atoms with Crippen LogP contribution in [0.3, 0.4) is 0 Å². The van der Waals surface area contributed by atoms with E-state index in [1.807, 2.05) is 36.4 Å². The van der Waals surface area contributed by atoms with Gasteiger partial charge in [0.2, 0.25) is 0 Å². The van der Waals surface area contributed by atoms with Crippen molar-refractivity contribution in [2.45, 2.75) is 31.5 Å². The molecule has 3 atom stereocenters. The molecule has 0 amide bonds. The number of imidazole rings is 1. The van der Waals surface area contributed by atoms with Crippen molar-refractivity contribution >= 4 is 22.6 Å². The monoisotopic (exact) mass is 466 g/mol. The number of nitrogens with zero attached hydrogens (tertiary/aromatic N) is 1. The zero-order valence-corrected chi connectivity index (χ0v) is 18.6. The number of aromatic nitrogens is 2. The maximum Gasteiger partial charge on any atom is 0.294 e. The van der Waals surface area contributed by atoms with Gasteiger partial charge in [-0.15, -0.1) is 0 Å². The summed E-state index contributed by atoms with van der Waals surface area (Å²) >= 11 is 6.57. The highest BCUT2D eigenvalue weighted by atomic mass is 35.5. The Kier molecular flexibility index (Phi) is 6.06. The van der Waals surface area contributed by atoms with Crippen molar-refractivity contribution in [1.29, 1.82) is 0 Å². The van der Waals surface area contributed by atoms with Crippen LogP contribution in [0.2, 0.25) is 5.02 Å². The lowest BCUT2D eigenvalue weighted by molar-refractivity contribution is -0.0494. The summed E-state index contributed by atoms with van der Waals surface area (Å²) in [5, 5.41) is 20.5. The summed E-state index contributed by atoms with van der Waals surface area (Å²) in [6.07, 6.45) is 1.23. The summed E-state index contributed by atoms with van der Waals surface area (Å²) in [5.41, 5.74) is 4.90. The van der Waals surface area contributed by atoms with Gasteiger partial charge in [0.05, 0.1) is 22.2 Å². The van der Waals surface area contributed by atoms with Crippen molar-refractivity contribution < 1.29 is 19.3 Å². The molecule has 0 aliphatic heterocycles. The number of fused-ring (bicyclic) bond motifs is 1. The van der Waals surface area contributed by atoms with Gasteiger partial charge in [0, 0.05) is 18.1 Å². The molecule has 1 aliphatic rings. The smallest absolute Gasteiger partial charge is 0.294 e. The van der Waals surface area contributed by atoms with Gasteiger partial charge in [0.15, 0.2) is 0 Å². The van der Waals surface area contributed by atoms with Gasteiger partial charge >= 0.3 is 0 Å². The molecule has 0 bridgehead atoms. The molecule has 3 aromatic carbocycles. The largest absolute Gasteiger partial charge is 0.459 e. The van der Waals surface area contributed by atoms with E-state index in [1.165, 1.54) is 12.1 Å². The Hall–Kier alpha value is -2.93. The number of aliphatic hydroxyl groups excluding tert-OH is 2. The number of hydrogen-bond donors (Lipinski definition) is 3. The van der Waals surface area contributed by atoms with Gasteiger partial charge in [0.1, 0.15) is 11.9 Å². The highest BCUT2D eigenvalue weighted by Gasteiger charge is 2.33. The molecular formula is C26H24ClFN2O3. The molecule has 0 saturated heterocycles. The molecule has 1 fully saturated rings. The van der Waals surface area contributed by atoms with E-state index in [-0.39, 0.29) is 18.3 Å². The normalized spacial score (nSPS) is 20.8. The minimum atomic E-state index is -0.729. The number of benzene rings is 3. The Balaban J connectivity index is 1.40. The summed E-state index contributed by atoms with van der Waals surface area (Å²) in [5.74, 6) is -0.446. The van der Waals surface area contributed by atoms with Gasteiger partial charge in [-0.3, -0.25) is 0 Å². The Labute approximate surface area is 195 Å². The fourth-order valence-corrected chi connectivity index (χ4v) is 4.76. The minimum Gasteiger partial charge on any atom is -0.459 e. The van der Waals surface area contributed by atoms with Crippen molar-refractivity contribution in [3.63, 3.8) is 0 Å². The number of nitrogens with one attached hydrogen (secondary N) is 1. The van der Waals surface area contributed by atoms with Crippen LogP contribution in [-0.2, 0) is 0 Å². The zero-order chi connectivity index (χ0) is 22.9. The summed E-state index contributed by atoms with van der Waals surface area (Å²) in [6, 6.07) is 18.3. The number of hydrogen-bond acceptors (Lipinski definition) is 4. The molecule has 1 aliphatic carbocycles. The van der Waals surface area contributed by atoms with Crippen LogP contribution in [0.4, 0.5) is 4.39 Å². The second-order valence-electron chi connectivity index (χ2n) is 8.50. The van der Waals surface area contributed by atoms with Crippen LogP contribution in [-0.4, -0.2) is 39.0 Å². The fourth-order valence-electron chi connectivity index (χ4n) is 4.49. The summed E-state index contributed by atoms with van der Waals surface area (Å²) < 4.78 is 19.5. The van der Waals surface area contributed by atoms with E-state index in [1.54, 1.807) is 12.1 Å². The third-order valence-corrected chi connectivity index (χ3v) is 6.64. The minimum absolute atomic E-state index is 0.0574. The van der Waals surface area contributed by atoms with Gasteiger partial charge in [-0.2, -0.15) is 4.98 Å². The number of rotatable bonds is 5. The van der Waals surface area contributed by atoms with Crippen LogP contribution in [0.25, 0.3) is 33.3 Å². The molecule has 5 nitrogen and oxygen atoms in total. The number of aliphatic hydroxyl groups is 2. The molecule has 3 N–H and O–H groups in total. The standard InChI is InChI=1S/C26H24ClFN2O3/c27-21-13-23-22(29-26(30-23)33-24-6-2-4-18(14-31)25(24)32)12-20(21)16-9-7-15(8-10-16)17-3-1-5-19(28)11-17/h1,3,5,7-13,18,24-25,31-32H,2,4,6,14H2,(H,29,30)/t18-,24-,25-/m1/s1. The molecule has 1 heterocycles. The first-order valence-electron chi connectivity index (χ1n) is 11.0. The van der Waals surface area contributed by atoms with Crippen molar-refractivity contribution in [1.82, 2.24) is 9.97 Å². The lowest BCUT2D eigenvalue weighted by Gasteiger charge is -2.33. The molecule has 7 heteroatoms. The number of ether oxygens (including phenoxy) is 1. The van der Waals surface area contributed by atoms with Gasteiger partial charge in [-0.1, -0.05) is 48.0 Å². The molecule has 4 aromatic rings. The van der Waals surface area contributed by atoms with Gasteiger partial charge in [-0.25, -0.2) is 4.39 Å². The quantitative estimate of drug-likeness (QED) is 0.358.